The summed E-state index contributed by atoms with van der Waals surface area (Å²) in [6.07, 6.45) is 5.24. The predicted molar refractivity (Wildman–Crippen MR) is 64.3 cm³/mol. The van der Waals surface area contributed by atoms with Gasteiger partial charge in [-0.3, -0.25) is 4.79 Å². The first-order valence-corrected chi connectivity index (χ1v) is 6.22. The van der Waals surface area contributed by atoms with E-state index >= 15 is 0 Å². The lowest BCUT2D eigenvalue weighted by Gasteiger charge is -2.28. The fourth-order valence-corrected chi connectivity index (χ4v) is 2.07. The Morgan fingerprint density at radius 1 is 1.41 bits per heavy atom. The molecule has 1 amide bonds. The molecule has 0 aromatic rings. The van der Waals surface area contributed by atoms with E-state index in [0.29, 0.717) is 19.4 Å². The van der Waals surface area contributed by atoms with Crippen LogP contribution in [0.5, 0.6) is 0 Å². The number of hydrogen-bond acceptors (Lipinski definition) is 3. The highest BCUT2D eigenvalue weighted by atomic mass is 16.3. The van der Waals surface area contributed by atoms with E-state index in [9.17, 15) is 9.90 Å². The molecule has 0 heterocycles. The number of amides is 1. The van der Waals surface area contributed by atoms with Gasteiger partial charge in [0.25, 0.3) is 0 Å². The third-order valence-corrected chi connectivity index (χ3v) is 3.05. The van der Waals surface area contributed by atoms with E-state index in [1.54, 1.807) is 0 Å². The van der Waals surface area contributed by atoms with Gasteiger partial charge in [0.05, 0.1) is 12.1 Å². The summed E-state index contributed by atoms with van der Waals surface area (Å²) in [4.78, 5) is 14.2. The highest BCUT2D eigenvalue weighted by Gasteiger charge is 2.23. The number of carbonyl (C=O) groups is 1. The Morgan fingerprint density at radius 2 is 2.18 bits per heavy atom. The van der Waals surface area contributed by atoms with Crippen molar-refractivity contribution in [1.29, 1.82) is 0 Å². The zero-order valence-corrected chi connectivity index (χ0v) is 10.0. The first kappa shape index (κ1) is 13.8. The molecular formula is C11H20N4O2. The van der Waals surface area contributed by atoms with Crippen molar-refractivity contribution in [3.63, 3.8) is 0 Å². The molecule has 6 nitrogen and oxygen atoms in total. The highest BCUT2D eigenvalue weighted by molar-refractivity contribution is 5.76. The first-order valence-electron chi connectivity index (χ1n) is 6.22. The van der Waals surface area contributed by atoms with Crippen LogP contribution in [-0.4, -0.2) is 29.7 Å². The van der Waals surface area contributed by atoms with Crippen LogP contribution < -0.4 is 5.32 Å². The minimum Gasteiger partial charge on any atom is -0.391 e. The van der Waals surface area contributed by atoms with Crippen LogP contribution in [0.25, 0.3) is 10.4 Å². The van der Waals surface area contributed by atoms with Gasteiger partial charge in [-0.2, -0.15) is 0 Å². The molecule has 6 heteroatoms. The van der Waals surface area contributed by atoms with Crippen LogP contribution in [-0.2, 0) is 4.79 Å². The Balaban J connectivity index is 2.13. The molecule has 2 atom stereocenters. The number of nitrogens with zero attached hydrogens (tertiary/aromatic N) is 3. The predicted octanol–water partition coefficient (Wildman–Crippen LogP) is 1.89. The van der Waals surface area contributed by atoms with Crippen molar-refractivity contribution in [1.82, 2.24) is 5.32 Å². The number of hydrogen-bond donors (Lipinski definition) is 2. The molecule has 1 aliphatic carbocycles. The lowest BCUT2D eigenvalue weighted by molar-refractivity contribution is -0.123. The van der Waals surface area contributed by atoms with E-state index in [4.69, 9.17) is 5.53 Å². The zero-order chi connectivity index (χ0) is 12.5. The number of carbonyl (C=O) groups excluding carboxylic acids is 1. The second-order valence-corrected chi connectivity index (χ2v) is 4.44. The maximum absolute atomic E-state index is 11.6. The number of aliphatic hydroxyl groups is 1. The number of aliphatic hydroxyl groups excluding tert-OH is 1. The Morgan fingerprint density at radius 3 is 2.88 bits per heavy atom. The summed E-state index contributed by atoms with van der Waals surface area (Å²) in [6, 6.07) is -0.0756. The van der Waals surface area contributed by atoms with E-state index in [2.05, 4.69) is 15.3 Å². The van der Waals surface area contributed by atoms with Crippen LogP contribution in [0.1, 0.15) is 44.9 Å². The molecule has 0 unspecified atom stereocenters. The normalized spacial score (nSPS) is 23.8. The molecule has 0 aromatic heterocycles. The van der Waals surface area contributed by atoms with Crippen molar-refractivity contribution in [3.8, 4) is 0 Å². The molecule has 0 saturated heterocycles. The molecule has 0 bridgehead atoms. The Labute approximate surface area is 101 Å². The Hall–Kier alpha value is -1.26. The van der Waals surface area contributed by atoms with Gasteiger partial charge < -0.3 is 10.4 Å². The second-order valence-electron chi connectivity index (χ2n) is 4.44. The largest absolute Gasteiger partial charge is 0.391 e. The maximum atomic E-state index is 11.6. The topological polar surface area (TPSA) is 98.1 Å². The van der Waals surface area contributed by atoms with Gasteiger partial charge in [0.2, 0.25) is 5.91 Å². The van der Waals surface area contributed by atoms with Gasteiger partial charge in [0.1, 0.15) is 0 Å². The number of rotatable bonds is 6. The van der Waals surface area contributed by atoms with Crippen LogP contribution in [0.15, 0.2) is 5.11 Å². The number of azide groups is 1. The maximum Gasteiger partial charge on any atom is 0.220 e. The SMILES string of the molecule is [N-]=[N+]=NCCCCC(=O)N[C@@H]1CCCC[C@@H]1O. The van der Waals surface area contributed by atoms with E-state index in [-0.39, 0.29) is 11.9 Å². The third-order valence-electron chi connectivity index (χ3n) is 3.05. The summed E-state index contributed by atoms with van der Waals surface area (Å²) >= 11 is 0. The van der Waals surface area contributed by atoms with E-state index in [1.807, 2.05) is 0 Å². The summed E-state index contributed by atoms with van der Waals surface area (Å²) in [7, 11) is 0. The van der Waals surface area contributed by atoms with Crippen LogP contribution in [0.3, 0.4) is 0 Å². The molecule has 0 radical (unpaired) electrons. The molecule has 1 fully saturated rings. The summed E-state index contributed by atoms with van der Waals surface area (Å²) in [5.41, 5.74) is 8.07. The monoisotopic (exact) mass is 240 g/mol. The third kappa shape index (κ3) is 5.56. The standard InChI is InChI=1S/C11H20N4O2/c12-15-13-8-4-3-7-11(17)14-9-5-1-2-6-10(9)16/h9-10,16H,1-8H2,(H,14,17)/t9-,10+/m1/s1. The van der Waals surface area contributed by atoms with Crippen molar-refractivity contribution in [2.45, 2.75) is 57.1 Å². The first-order chi connectivity index (χ1) is 8.24. The minimum atomic E-state index is -0.393. The van der Waals surface area contributed by atoms with Gasteiger partial charge in [0, 0.05) is 17.9 Å². The second kappa shape index (κ2) is 7.92. The molecule has 0 spiro atoms. The van der Waals surface area contributed by atoms with Gasteiger partial charge in [-0.05, 0) is 31.2 Å². The summed E-state index contributed by atoms with van der Waals surface area (Å²) in [6.45, 7) is 0.440. The smallest absolute Gasteiger partial charge is 0.220 e. The Bertz CT molecular complexity index is 289. The van der Waals surface area contributed by atoms with Crippen LogP contribution in [0, 0.1) is 0 Å². The van der Waals surface area contributed by atoms with Crippen LogP contribution in [0.4, 0.5) is 0 Å². The molecule has 1 aliphatic rings. The lowest BCUT2D eigenvalue weighted by atomic mass is 9.92. The van der Waals surface area contributed by atoms with E-state index < -0.39 is 6.10 Å². The average Bonchev–Trinajstić information content (AvgIpc) is 2.32. The van der Waals surface area contributed by atoms with Crippen LogP contribution >= 0.6 is 0 Å². The van der Waals surface area contributed by atoms with Gasteiger partial charge in [-0.1, -0.05) is 18.0 Å². The molecule has 0 aliphatic heterocycles. The van der Waals surface area contributed by atoms with Crippen molar-refractivity contribution in [3.05, 3.63) is 10.4 Å². The molecule has 96 valence electrons. The molecule has 17 heavy (non-hydrogen) atoms. The minimum absolute atomic E-state index is 0.0168. The lowest BCUT2D eigenvalue weighted by Crippen LogP contribution is -2.44. The van der Waals surface area contributed by atoms with Gasteiger partial charge in [-0.25, -0.2) is 0 Å². The summed E-state index contributed by atoms with van der Waals surface area (Å²) in [5, 5.41) is 16.0. The number of unbranched alkanes of at least 4 members (excludes halogenated alkanes) is 1. The fourth-order valence-electron chi connectivity index (χ4n) is 2.07. The summed E-state index contributed by atoms with van der Waals surface area (Å²) < 4.78 is 0. The molecular weight excluding hydrogens is 220 g/mol. The van der Waals surface area contributed by atoms with E-state index in [0.717, 1.165) is 32.1 Å². The average molecular weight is 240 g/mol. The molecule has 1 saturated carbocycles. The zero-order valence-electron chi connectivity index (χ0n) is 10.0. The van der Waals surface area contributed by atoms with Crippen molar-refractivity contribution in [2.75, 3.05) is 6.54 Å². The van der Waals surface area contributed by atoms with Crippen molar-refractivity contribution < 1.29 is 9.90 Å². The highest BCUT2D eigenvalue weighted by Crippen LogP contribution is 2.18. The van der Waals surface area contributed by atoms with Crippen molar-refractivity contribution >= 4 is 5.91 Å². The Kier molecular flexibility index (Phi) is 6.43. The van der Waals surface area contributed by atoms with Crippen molar-refractivity contribution in [2.24, 2.45) is 5.11 Å². The van der Waals surface area contributed by atoms with Crippen LogP contribution in [0.2, 0.25) is 0 Å². The quantitative estimate of drug-likeness (QED) is 0.321. The fraction of sp³-hybridized carbons (Fsp3) is 0.909. The van der Waals surface area contributed by atoms with Gasteiger partial charge in [0.15, 0.2) is 0 Å². The van der Waals surface area contributed by atoms with Gasteiger partial charge in [-0.15, -0.1) is 0 Å². The number of nitrogens with one attached hydrogen (secondary N) is 1. The molecule has 2 N–H and O–H groups in total. The van der Waals surface area contributed by atoms with Gasteiger partial charge >= 0.3 is 0 Å². The van der Waals surface area contributed by atoms with E-state index in [1.165, 1.54) is 0 Å². The molecule has 0 aromatic carbocycles. The molecule has 1 rings (SSSR count). The summed E-state index contributed by atoms with van der Waals surface area (Å²) in [5.74, 6) is -0.0168.